The standard InChI is InChI=1S/C24H31N.C9H9F2N/c1-3-24(13-15-25(16-14-24)18-20-7-8-20)23-11-9-21(10-12-23)22-6-4-5-19(2)17-22;1-6(2)12-7-3-4-8(10)9(11)5-7/h4-6,9-12,17,20H,3,7-8,13-16,18H2,1-2H3;3-5,12H,1H2,2H3. The number of nitrogens with one attached hydrogen (secondary N) is 1. The average molecular weight is 503 g/mol. The van der Waals surface area contributed by atoms with Crippen LogP contribution < -0.4 is 5.32 Å². The van der Waals surface area contributed by atoms with Crippen molar-refractivity contribution in [1.82, 2.24) is 4.90 Å². The molecule has 1 heterocycles. The first-order chi connectivity index (χ1) is 17.8. The predicted molar refractivity (Wildman–Crippen MR) is 152 cm³/mol. The van der Waals surface area contributed by atoms with Gasteiger partial charge in [0.1, 0.15) is 0 Å². The summed E-state index contributed by atoms with van der Waals surface area (Å²) in [5, 5.41) is 2.77. The molecular formula is C33H40F2N2. The van der Waals surface area contributed by atoms with Crippen molar-refractivity contribution >= 4 is 5.69 Å². The van der Waals surface area contributed by atoms with E-state index in [-0.39, 0.29) is 0 Å². The maximum atomic E-state index is 12.6. The molecule has 1 N–H and O–H groups in total. The van der Waals surface area contributed by atoms with Gasteiger partial charge in [-0.05, 0) is 99.2 Å². The molecule has 3 aromatic carbocycles. The maximum Gasteiger partial charge on any atom is 0.160 e. The SMILES string of the molecule is C=C(C)Nc1ccc(F)c(F)c1.CCC1(c2ccc(-c3cccc(C)c3)cc2)CCN(CC2CC2)CC1. The van der Waals surface area contributed by atoms with E-state index in [9.17, 15) is 8.78 Å². The van der Waals surface area contributed by atoms with Crippen molar-refractivity contribution in [3.05, 3.63) is 102 Å². The number of aryl methyl sites for hydroxylation is 1. The topological polar surface area (TPSA) is 15.3 Å². The first kappa shape index (κ1) is 27.1. The Morgan fingerprint density at radius 2 is 1.65 bits per heavy atom. The molecule has 0 aromatic heterocycles. The quantitative estimate of drug-likeness (QED) is 0.347. The molecule has 1 saturated carbocycles. The summed E-state index contributed by atoms with van der Waals surface area (Å²) in [4.78, 5) is 2.71. The van der Waals surface area contributed by atoms with Gasteiger partial charge in [0.2, 0.25) is 0 Å². The molecule has 0 bridgehead atoms. The van der Waals surface area contributed by atoms with Crippen molar-refractivity contribution in [3.8, 4) is 11.1 Å². The number of piperidine rings is 1. The summed E-state index contributed by atoms with van der Waals surface area (Å²) in [7, 11) is 0. The van der Waals surface area contributed by atoms with E-state index in [2.05, 4.69) is 79.2 Å². The predicted octanol–water partition coefficient (Wildman–Crippen LogP) is 8.73. The summed E-state index contributed by atoms with van der Waals surface area (Å²) in [6.45, 7) is 13.8. The smallest absolute Gasteiger partial charge is 0.160 e. The zero-order chi connectivity index (χ0) is 26.4. The minimum Gasteiger partial charge on any atom is -0.360 e. The highest BCUT2D eigenvalue weighted by atomic mass is 19.2. The first-order valence-corrected chi connectivity index (χ1v) is 13.6. The molecule has 1 saturated heterocycles. The molecule has 3 aromatic rings. The molecule has 196 valence electrons. The molecule has 0 unspecified atom stereocenters. The van der Waals surface area contributed by atoms with Crippen molar-refractivity contribution in [2.45, 2.75) is 58.3 Å². The van der Waals surface area contributed by atoms with Crippen LogP contribution in [-0.2, 0) is 5.41 Å². The summed E-state index contributed by atoms with van der Waals surface area (Å²) < 4.78 is 25.0. The van der Waals surface area contributed by atoms with Gasteiger partial charge in [0.15, 0.2) is 11.6 Å². The number of hydrogen-bond acceptors (Lipinski definition) is 2. The van der Waals surface area contributed by atoms with Gasteiger partial charge in [0, 0.05) is 24.0 Å². The summed E-state index contributed by atoms with van der Waals surface area (Å²) in [5.41, 5.74) is 7.13. The van der Waals surface area contributed by atoms with Gasteiger partial charge < -0.3 is 10.2 Å². The van der Waals surface area contributed by atoms with Crippen LogP contribution in [0.2, 0.25) is 0 Å². The van der Waals surface area contributed by atoms with E-state index in [4.69, 9.17) is 0 Å². The lowest BCUT2D eigenvalue weighted by molar-refractivity contribution is 0.150. The zero-order valence-electron chi connectivity index (χ0n) is 22.5. The minimum atomic E-state index is -0.860. The Morgan fingerprint density at radius 3 is 2.22 bits per heavy atom. The summed E-state index contributed by atoms with van der Waals surface area (Å²) >= 11 is 0. The lowest BCUT2D eigenvalue weighted by Gasteiger charge is -2.42. The Hall–Kier alpha value is -2.98. The number of allylic oxidation sites excluding steroid dienone is 1. The monoisotopic (exact) mass is 502 g/mol. The van der Waals surface area contributed by atoms with Gasteiger partial charge in [0.05, 0.1) is 0 Å². The van der Waals surface area contributed by atoms with Gasteiger partial charge in [-0.1, -0.05) is 67.6 Å². The van der Waals surface area contributed by atoms with E-state index in [0.717, 1.165) is 18.1 Å². The zero-order valence-corrected chi connectivity index (χ0v) is 22.5. The number of anilines is 1. The number of hydrogen-bond donors (Lipinski definition) is 1. The molecule has 0 atom stereocenters. The fraction of sp³-hybridized carbons (Fsp3) is 0.394. The molecule has 2 aliphatic rings. The number of likely N-dealkylation sites (tertiary alicyclic amines) is 1. The van der Waals surface area contributed by atoms with E-state index in [1.54, 1.807) is 12.5 Å². The summed E-state index contributed by atoms with van der Waals surface area (Å²) in [6, 6.07) is 21.9. The van der Waals surface area contributed by atoms with Crippen molar-refractivity contribution < 1.29 is 8.78 Å². The second-order valence-electron chi connectivity index (χ2n) is 10.9. The Balaban J connectivity index is 0.000000225. The highest BCUT2D eigenvalue weighted by Crippen LogP contribution is 2.40. The van der Waals surface area contributed by atoms with E-state index < -0.39 is 11.6 Å². The summed E-state index contributed by atoms with van der Waals surface area (Å²) in [5.74, 6) is -0.689. The largest absolute Gasteiger partial charge is 0.360 e. The van der Waals surface area contributed by atoms with E-state index >= 15 is 0 Å². The molecular weight excluding hydrogens is 462 g/mol. The van der Waals surface area contributed by atoms with Crippen LogP contribution in [0, 0.1) is 24.5 Å². The van der Waals surface area contributed by atoms with Gasteiger partial charge in [-0.25, -0.2) is 8.78 Å². The maximum absolute atomic E-state index is 12.6. The Morgan fingerprint density at radius 1 is 0.946 bits per heavy atom. The van der Waals surface area contributed by atoms with Crippen molar-refractivity contribution in [3.63, 3.8) is 0 Å². The Kier molecular flexibility index (Phi) is 8.81. The van der Waals surface area contributed by atoms with Crippen molar-refractivity contribution in [2.24, 2.45) is 5.92 Å². The molecule has 37 heavy (non-hydrogen) atoms. The third kappa shape index (κ3) is 7.29. The molecule has 0 spiro atoms. The molecule has 5 rings (SSSR count). The number of nitrogens with zero attached hydrogens (tertiary/aromatic N) is 1. The van der Waals surface area contributed by atoms with E-state index in [1.807, 2.05) is 0 Å². The second-order valence-corrected chi connectivity index (χ2v) is 10.9. The fourth-order valence-corrected chi connectivity index (χ4v) is 5.34. The lowest BCUT2D eigenvalue weighted by atomic mass is 9.70. The molecule has 2 fully saturated rings. The summed E-state index contributed by atoms with van der Waals surface area (Å²) in [6.07, 6.45) is 6.83. The molecule has 4 heteroatoms. The van der Waals surface area contributed by atoms with E-state index in [0.29, 0.717) is 16.8 Å². The van der Waals surface area contributed by atoms with Crippen LogP contribution in [0.4, 0.5) is 14.5 Å². The van der Waals surface area contributed by atoms with Crippen LogP contribution in [0.3, 0.4) is 0 Å². The van der Waals surface area contributed by atoms with E-state index in [1.165, 1.54) is 74.5 Å². The Bertz CT molecular complexity index is 1190. The highest BCUT2D eigenvalue weighted by molar-refractivity contribution is 5.64. The second kappa shape index (κ2) is 12.0. The molecule has 1 aliphatic heterocycles. The Labute approximate surface area is 221 Å². The number of rotatable bonds is 7. The third-order valence-corrected chi connectivity index (χ3v) is 7.83. The van der Waals surface area contributed by atoms with Gasteiger partial charge in [0.25, 0.3) is 0 Å². The third-order valence-electron chi connectivity index (χ3n) is 7.83. The molecule has 2 nitrogen and oxygen atoms in total. The van der Waals surface area contributed by atoms with Crippen LogP contribution in [0.1, 0.15) is 57.1 Å². The van der Waals surface area contributed by atoms with Crippen LogP contribution in [0.15, 0.2) is 79.0 Å². The van der Waals surface area contributed by atoms with Crippen molar-refractivity contribution in [1.29, 1.82) is 0 Å². The average Bonchev–Trinajstić information content (AvgIpc) is 3.71. The minimum absolute atomic E-state index is 0.394. The van der Waals surface area contributed by atoms with Crippen LogP contribution >= 0.6 is 0 Å². The van der Waals surface area contributed by atoms with Gasteiger partial charge in [-0.2, -0.15) is 0 Å². The molecule has 0 radical (unpaired) electrons. The van der Waals surface area contributed by atoms with Gasteiger partial charge >= 0.3 is 0 Å². The molecule has 0 amide bonds. The van der Waals surface area contributed by atoms with Gasteiger partial charge in [-0.15, -0.1) is 0 Å². The normalized spacial score (nSPS) is 17.0. The number of benzene rings is 3. The first-order valence-electron chi connectivity index (χ1n) is 13.6. The highest BCUT2D eigenvalue weighted by Gasteiger charge is 2.36. The van der Waals surface area contributed by atoms with Crippen LogP contribution in [-0.4, -0.2) is 24.5 Å². The van der Waals surface area contributed by atoms with Crippen molar-refractivity contribution in [2.75, 3.05) is 25.0 Å². The number of halogens is 2. The fourth-order valence-electron chi connectivity index (χ4n) is 5.34. The lowest BCUT2D eigenvalue weighted by Crippen LogP contribution is -2.43. The van der Waals surface area contributed by atoms with Gasteiger partial charge in [-0.3, -0.25) is 0 Å². The van der Waals surface area contributed by atoms with Crippen LogP contribution in [0.25, 0.3) is 11.1 Å². The van der Waals surface area contributed by atoms with Crippen LogP contribution in [0.5, 0.6) is 0 Å². The molecule has 1 aliphatic carbocycles.